The molecule has 0 bridgehead atoms. The largest absolute Gasteiger partial charge is 0.391 e. The van der Waals surface area contributed by atoms with Crippen molar-refractivity contribution in [2.45, 2.75) is 51.3 Å². The summed E-state index contributed by atoms with van der Waals surface area (Å²) < 4.78 is 0. The molecule has 1 aromatic carbocycles. The molecule has 100 valence electrons. The molecule has 18 heavy (non-hydrogen) atoms. The van der Waals surface area contributed by atoms with E-state index < -0.39 is 0 Å². The first-order chi connectivity index (χ1) is 8.58. The Kier molecular flexibility index (Phi) is 4.66. The molecular weight excluding hydrogens is 246 g/mol. The average molecular weight is 268 g/mol. The van der Waals surface area contributed by atoms with Gasteiger partial charge in [0.05, 0.1) is 6.10 Å². The lowest BCUT2D eigenvalue weighted by molar-refractivity contribution is 0.0288. The van der Waals surface area contributed by atoms with Gasteiger partial charge in [0, 0.05) is 17.6 Å². The molecule has 0 saturated heterocycles. The minimum Gasteiger partial charge on any atom is -0.391 e. The Bertz CT molecular complexity index is 407. The van der Waals surface area contributed by atoms with E-state index in [1.807, 2.05) is 13.0 Å². The lowest BCUT2D eigenvalue weighted by atomic mass is 9.91. The monoisotopic (exact) mass is 267 g/mol. The van der Waals surface area contributed by atoms with Crippen molar-refractivity contribution in [1.29, 1.82) is 0 Å². The summed E-state index contributed by atoms with van der Waals surface area (Å²) in [5.74, 6) is 0. The maximum atomic E-state index is 10.1. The van der Waals surface area contributed by atoms with Crippen molar-refractivity contribution in [2.75, 3.05) is 7.05 Å². The highest BCUT2D eigenvalue weighted by Gasteiger charge is 2.26. The number of halogens is 1. The van der Waals surface area contributed by atoms with E-state index in [9.17, 15) is 5.11 Å². The van der Waals surface area contributed by atoms with Gasteiger partial charge in [-0.05, 0) is 44.0 Å². The first kappa shape index (κ1) is 13.9. The summed E-state index contributed by atoms with van der Waals surface area (Å²) >= 11 is 6.26. The Morgan fingerprint density at radius 2 is 2.06 bits per heavy atom. The standard InChI is InChI=1S/C15H22ClNO/c1-11-7-8-12(13(16)9-11)10-17(2)14-5-3-4-6-15(14)18/h7-9,14-15,18H,3-6,10H2,1-2H3. The van der Waals surface area contributed by atoms with Gasteiger partial charge in [-0.25, -0.2) is 0 Å². The van der Waals surface area contributed by atoms with Crippen molar-refractivity contribution >= 4 is 11.6 Å². The van der Waals surface area contributed by atoms with Crippen LogP contribution >= 0.6 is 11.6 Å². The van der Waals surface area contributed by atoms with Gasteiger partial charge < -0.3 is 5.11 Å². The molecule has 0 heterocycles. The van der Waals surface area contributed by atoms with E-state index in [2.05, 4.69) is 24.1 Å². The van der Waals surface area contributed by atoms with Crippen molar-refractivity contribution in [1.82, 2.24) is 4.90 Å². The van der Waals surface area contributed by atoms with Crippen LogP contribution in [0, 0.1) is 6.92 Å². The fourth-order valence-corrected chi connectivity index (χ4v) is 3.07. The number of benzene rings is 1. The summed E-state index contributed by atoms with van der Waals surface area (Å²) in [6.45, 7) is 2.85. The predicted octanol–water partition coefficient (Wildman–Crippen LogP) is 3.38. The molecule has 1 aromatic rings. The smallest absolute Gasteiger partial charge is 0.0695 e. The quantitative estimate of drug-likeness (QED) is 0.908. The molecule has 2 unspecified atom stereocenters. The van der Waals surface area contributed by atoms with Crippen LogP contribution in [-0.4, -0.2) is 29.2 Å². The van der Waals surface area contributed by atoms with Crippen LogP contribution in [0.2, 0.25) is 5.02 Å². The van der Waals surface area contributed by atoms with Gasteiger partial charge in [0.2, 0.25) is 0 Å². The molecule has 1 aliphatic rings. The average Bonchev–Trinajstić information content (AvgIpc) is 2.33. The van der Waals surface area contributed by atoms with Crippen LogP contribution in [0.5, 0.6) is 0 Å². The first-order valence-corrected chi connectivity index (χ1v) is 7.09. The zero-order valence-corrected chi connectivity index (χ0v) is 12.0. The van der Waals surface area contributed by atoms with Crippen LogP contribution in [0.15, 0.2) is 18.2 Å². The molecule has 1 saturated carbocycles. The van der Waals surface area contributed by atoms with Crippen molar-refractivity contribution in [2.24, 2.45) is 0 Å². The third-order valence-corrected chi connectivity index (χ3v) is 4.24. The Hall–Kier alpha value is -0.570. The maximum Gasteiger partial charge on any atom is 0.0695 e. The Labute approximate surface area is 115 Å². The second-order valence-electron chi connectivity index (χ2n) is 5.43. The van der Waals surface area contributed by atoms with Gasteiger partial charge in [-0.3, -0.25) is 4.90 Å². The minimum absolute atomic E-state index is 0.187. The van der Waals surface area contributed by atoms with Gasteiger partial charge in [0.25, 0.3) is 0 Å². The highest BCUT2D eigenvalue weighted by Crippen LogP contribution is 2.25. The van der Waals surface area contributed by atoms with E-state index in [1.54, 1.807) is 0 Å². The second kappa shape index (κ2) is 6.05. The normalized spacial score (nSPS) is 24.5. The van der Waals surface area contributed by atoms with Gasteiger partial charge in [-0.1, -0.05) is 36.6 Å². The van der Waals surface area contributed by atoms with Gasteiger partial charge in [0.1, 0.15) is 0 Å². The summed E-state index contributed by atoms with van der Waals surface area (Å²) in [5.41, 5.74) is 2.33. The van der Waals surface area contributed by atoms with Crippen LogP contribution in [0.3, 0.4) is 0 Å². The van der Waals surface area contributed by atoms with Crippen molar-refractivity contribution in [3.05, 3.63) is 34.3 Å². The summed E-state index contributed by atoms with van der Waals surface area (Å²) in [4.78, 5) is 2.24. The number of hydrogen-bond acceptors (Lipinski definition) is 2. The third kappa shape index (κ3) is 3.25. The molecule has 2 rings (SSSR count). The van der Waals surface area contributed by atoms with Crippen LogP contribution < -0.4 is 0 Å². The zero-order chi connectivity index (χ0) is 13.1. The third-order valence-electron chi connectivity index (χ3n) is 3.89. The molecule has 0 radical (unpaired) electrons. The number of likely N-dealkylation sites (N-methyl/N-ethyl adjacent to an activating group) is 1. The molecule has 0 aliphatic heterocycles. The van der Waals surface area contributed by atoms with E-state index in [0.29, 0.717) is 0 Å². The van der Waals surface area contributed by atoms with Crippen LogP contribution in [0.4, 0.5) is 0 Å². The highest BCUT2D eigenvalue weighted by atomic mass is 35.5. The molecule has 0 aromatic heterocycles. The minimum atomic E-state index is -0.187. The van der Waals surface area contributed by atoms with Crippen molar-refractivity contribution in [3.8, 4) is 0 Å². The van der Waals surface area contributed by atoms with Gasteiger partial charge in [0.15, 0.2) is 0 Å². The fourth-order valence-electron chi connectivity index (χ4n) is 2.77. The Morgan fingerprint density at radius 3 is 2.72 bits per heavy atom. The molecular formula is C15H22ClNO. The van der Waals surface area contributed by atoms with Crippen molar-refractivity contribution < 1.29 is 5.11 Å². The van der Waals surface area contributed by atoms with Crippen LogP contribution in [0.1, 0.15) is 36.8 Å². The number of aryl methyl sites for hydroxylation is 1. The Balaban J connectivity index is 2.03. The van der Waals surface area contributed by atoms with Gasteiger partial charge >= 0.3 is 0 Å². The molecule has 2 nitrogen and oxygen atoms in total. The molecule has 2 atom stereocenters. The fraction of sp³-hybridized carbons (Fsp3) is 0.600. The number of hydrogen-bond donors (Lipinski definition) is 1. The SMILES string of the molecule is Cc1ccc(CN(C)C2CCCCC2O)c(Cl)c1. The highest BCUT2D eigenvalue weighted by molar-refractivity contribution is 6.31. The van der Waals surface area contributed by atoms with Gasteiger partial charge in [-0.2, -0.15) is 0 Å². The van der Waals surface area contributed by atoms with E-state index in [4.69, 9.17) is 11.6 Å². The van der Waals surface area contributed by atoms with Crippen LogP contribution in [0.25, 0.3) is 0 Å². The summed E-state index contributed by atoms with van der Waals surface area (Å²) in [7, 11) is 2.08. The van der Waals surface area contributed by atoms with E-state index in [-0.39, 0.29) is 12.1 Å². The number of aliphatic hydroxyl groups is 1. The summed E-state index contributed by atoms with van der Waals surface area (Å²) in [6, 6.07) is 6.45. The molecule has 1 fully saturated rings. The number of aliphatic hydroxyl groups excluding tert-OH is 1. The number of rotatable bonds is 3. The summed E-state index contributed by atoms with van der Waals surface area (Å²) in [6.07, 6.45) is 4.19. The van der Waals surface area contributed by atoms with E-state index >= 15 is 0 Å². The van der Waals surface area contributed by atoms with Gasteiger partial charge in [-0.15, -0.1) is 0 Å². The van der Waals surface area contributed by atoms with E-state index in [0.717, 1.165) is 36.4 Å². The lowest BCUT2D eigenvalue weighted by Gasteiger charge is -2.35. The first-order valence-electron chi connectivity index (χ1n) is 6.71. The molecule has 0 spiro atoms. The molecule has 0 amide bonds. The maximum absolute atomic E-state index is 10.1. The van der Waals surface area contributed by atoms with E-state index in [1.165, 1.54) is 12.0 Å². The molecule has 3 heteroatoms. The number of nitrogens with zero attached hydrogens (tertiary/aromatic N) is 1. The molecule has 1 aliphatic carbocycles. The second-order valence-corrected chi connectivity index (χ2v) is 5.84. The predicted molar refractivity (Wildman–Crippen MR) is 75.9 cm³/mol. The zero-order valence-electron chi connectivity index (χ0n) is 11.2. The van der Waals surface area contributed by atoms with Crippen molar-refractivity contribution in [3.63, 3.8) is 0 Å². The lowest BCUT2D eigenvalue weighted by Crippen LogP contribution is -2.42. The molecule has 1 N–H and O–H groups in total. The Morgan fingerprint density at radius 1 is 1.33 bits per heavy atom. The summed E-state index contributed by atoms with van der Waals surface area (Å²) in [5, 5.41) is 10.9. The van der Waals surface area contributed by atoms with Crippen LogP contribution in [-0.2, 0) is 6.54 Å². The topological polar surface area (TPSA) is 23.5 Å².